The summed E-state index contributed by atoms with van der Waals surface area (Å²) >= 11 is 0. The van der Waals surface area contributed by atoms with E-state index in [0.29, 0.717) is 55.9 Å². The number of carbonyl (C=O) groups is 2. The number of aliphatic hydroxyl groups excluding tert-OH is 1. The van der Waals surface area contributed by atoms with Crippen LogP contribution in [0, 0.1) is 40.4 Å². The first-order valence-electron chi connectivity index (χ1n) is 24.3. The van der Waals surface area contributed by atoms with E-state index >= 15 is 0 Å². The number of hydrogen-bond donors (Lipinski definition) is 1. The van der Waals surface area contributed by atoms with E-state index in [-0.39, 0.29) is 53.8 Å². The molecule has 1 unspecified atom stereocenters. The monoisotopic (exact) mass is 870 g/mol. The zero-order valence-corrected chi connectivity index (χ0v) is 39.2. The Labute approximate surface area is 371 Å². The van der Waals surface area contributed by atoms with Gasteiger partial charge in [0.1, 0.15) is 11.7 Å². The van der Waals surface area contributed by atoms with Crippen LogP contribution in [0.2, 0.25) is 0 Å². The van der Waals surface area contributed by atoms with Crippen LogP contribution in [0.3, 0.4) is 0 Å². The molecule has 6 fully saturated rings. The molecule has 1 aliphatic heterocycles. The predicted molar refractivity (Wildman–Crippen MR) is 235 cm³/mol. The Hall–Kier alpha value is -2.48. The molecule has 1 saturated heterocycles. The molecule has 5 aliphatic carbocycles. The first-order chi connectivity index (χ1) is 30.1. The van der Waals surface area contributed by atoms with E-state index in [1.807, 2.05) is 0 Å². The molecule has 1 N–H and O–H groups in total. The van der Waals surface area contributed by atoms with Gasteiger partial charge in [-0.05, 0) is 43.5 Å². The Balaban J connectivity index is 1.20. The van der Waals surface area contributed by atoms with Crippen molar-refractivity contribution < 1.29 is 52.6 Å². The molecule has 5 saturated carbocycles. The number of benzene rings is 1. The van der Waals surface area contributed by atoms with Gasteiger partial charge in [0.15, 0.2) is 11.5 Å². The van der Waals surface area contributed by atoms with Gasteiger partial charge in [-0.2, -0.15) is 0 Å². The van der Waals surface area contributed by atoms with E-state index in [4.69, 9.17) is 37.9 Å². The van der Waals surface area contributed by atoms with Crippen LogP contribution in [-0.2, 0) is 33.2 Å². The van der Waals surface area contributed by atoms with Gasteiger partial charge in [0.25, 0.3) is 0 Å². The summed E-state index contributed by atoms with van der Waals surface area (Å²) in [6, 6.07) is 4.99. The maximum Gasteiger partial charge on any atom is 0.338 e. The molecule has 62 heavy (non-hydrogen) atoms. The second-order valence-electron chi connectivity index (χ2n) is 19.7. The highest BCUT2D eigenvalue weighted by atomic mass is 16.6. The molecule has 1 aromatic carbocycles. The summed E-state index contributed by atoms with van der Waals surface area (Å²) in [5.74, 6) is -0.829. The molecule has 1 aromatic rings. The van der Waals surface area contributed by atoms with Crippen LogP contribution in [-0.4, -0.2) is 126 Å². The summed E-state index contributed by atoms with van der Waals surface area (Å²) in [5.41, 5.74) is -1.91. The van der Waals surface area contributed by atoms with Crippen molar-refractivity contribution in [1.29, 1.82) is 0 Å². The molecule has 7 bridgehead atoms. The second-order valence-corrected chi connectivity index (χ2v) is 19.7. The molecule has 7 rings (SSSR count). The van der Waals surface area contributed by atoms with Gasteiger partial charge in [0.05, 0.1) is 50.8 Å². The fraction of sp³-hybridized carbons (Fsp3) is 0.840. The highest BCUT2D eigenvalue weighted by molar-refractivity contribution is 5.90. The summed E-state index contributed by atoms with van der Waals surface area (Å²) in [6.07, 6.45) is 15.5. The van der Waals surface area contributed by atoms with Gasteiger partial charge in [0.2, 0.25) is 0 Å². The second kappa shape index (κ2) is 20.4. The van der Waals surface area contributed by atoms with Crippen LogP contribution < -0.4 is 9.47 Å². The lowest BCUT2D eigenvalue weighted by molar-refractivity contribution is -0.297. The number of nitrogens with zero attached hydrogens (tertiary/aromatic N) is 1. The Morgan fingerprint density at radius 1 is 0.774 bits per heavy atom. The Bertz CT molecular complexity index is 1660. The third kappa shape index (κ3) is 7.90. The first-order valence-corrected chi connectivity index (χ1v) is 24.3. The minimum absolute atomic E-state index is 0.0770. The molecule has 12 heteroatoms. The molecular weight excluding hydrogens is 791 g/mol. The van der Waals surface area contributed by atoms with Crippen molar-refractivity contribution in [3.63, 3.8) is 0 Å². The largest absolute Gasteiger partial charge is 0.493 e. The predicted octanol–water partition coefficient (Wildman–Crippen LogP) is 8.04. The molecule has 0 amide bonds. The van der Waals surface area contributed by atoms with Gasteiger partial charge in [-0.25, -0.2) is 4.79 Å². The number of aliphatic hydroxyl groups is 1. The number of ether oxygens (including phenoxy) is 8. The number of rotatable bonds is 25. The van der Waals surface area contributed by atoms with Crippen molar-refractivity contribution >= 4 is 11.9 Å². The van der Waals surface area contributed by atoms with E-state index in [0.717, 1.165) is 25.8 Å². The maximum absolute atomic E-state index is 14.6. The molecule has 14 atom stereocenters. The summed E-state index contributed by atoms with van der Waals surface area (Å²) in [6.45, 7) is 6.17. The van der Waals surface area contributed by atoms with Crippen molar-refractivity contribution in [1.82, 2.24) is 4.90 Å². The number of likely N-dealkylation sites (tertiary alicyclic amines) is 1. The van der Waals surface area contributed by atoms with Gasteiger partial charge < -0.3 is 43.0 Å². The topological polar surface area (TPSA) is 131 Å². The normalized spacial score (nSPS) is 37.6. The summed E-state index contributed by atoms with van der Waals surface area (Å²) in [7, 11) is 10.1. The highest BCUT2D eigenvalue weighted by Crippen LogP contribution is 2.80. The number of unbranched alkanes of at least 4 members (excludes halogenated alkanes) is 12. The Morgan fingerprint density at radius 2 is 1.44 bits per heavy atom. The number of hydrogen-bond acceptors (Lipinski definition) is 12. The van der Waals surface area contributed by atoms with Crippen LogP contribution in [0.5, 0.6) is 11.5 Å². The van der Waals surface area contributed by atoms with E-state index in [1.165, 1.54) is 64.2 Å². The lowest BCUT2D eigenvalue weighted by atomic mass is 9.42. The fourth-order valence-corrected chi connectivity index (χ4v) is 14.9. The summed E-state index contributed by atoms with van der Waals surface area (Å²) in [5, 5.41) is 12.3. The molecule has 0 aromatic heterocycles. The zero-order valence-electron chi connectivity index (χ0n) is 39.2. The number of piperidine rings is 1. The van der Waals surface area contributed by atoms with Crippen molar-refractivity contribution in [2.24, 2.45) is 40.4 Å². The van der Waals surface area contributed by atoms with Gasteiger partial charge in [-0.3, -0.25) is 9.69 Å². The minimum Gasteiger partial charge on any atom is -0.493 e. The molecule has 350 valence electrons. The summed E-state index contributed by atoms with van der Waals surface area (Å²) < 4.78 is 50.9. The number of methoxy groups -OCH3 is 6. The van der Waals surface area contributed by atoms with E-state index in [1.54, 1.807) is 60.9 Å². The first kappa shape index (κ1) is 47.5. The van der Waals surface area contributed by atoms with Gasteiger partial charge >= 0.3 is 11.9 Å². The molecular formula is C50H79NO11. The average molecular weight is 870 g/mol. The quantitative estimate of drug-likeness (QED) is 0.0754. The van der Waals surface area contributed by atoms with Crippen LogP contribution in [0.15, 0.2) is 18.2 Å². The van der Waals surface area contributed by atoms with Crippen LogP contribution in [0.25, 0.3) is 0 Å². The lowest BCUT2D eigenvalue weighted by Gasteiger charge is -2.70. The minimum atomic E-state index is -1.08. The van der Waals surface area contributed by atoms with E-state index in [2.05, 4.69) is 18.7 Å². The van der Waals surface area contributed by atoms with Gasteiger partial charge in [-0.15, -0.1) is 0 Å². The summed E-state index contributed by atoms with van der Waals surface area (Å²) in [4.78, 5) is 31.5. The van der Waals surface area contributed by atoms with Crippen molar-refractivity contribution in [2.45, 2.75) is 165 Å². The van der Waals surface area contributed by atoms with Gasteiger partial charge in [0, 0.05) is 94.8 Å². The third-order valence-corrected chi connectivity index (χ3v) is 17.1. The van der Waals surface area contributed by atoms with Crippen LogP contribution in [0.1, 0.15) is 133 Å². The van der Waals surface area contributed by atoms with E-state index in [9.17, 15) is 14.7 Å². The Morgan fingerprint density at radius 3 is 2.02 bits per heavy atom. The molecule has 1 spiro atoms. The van der Waals surface area contributed by atoms with Crippen molar-refractivity contribution in [3.8, 4) is 11.5 Å². The fourth-order valence-electron chi connectivity index (χ4n) is 14.9. The Kier molecular flexibility index (Phi) is 15.6. The zero-order chi connectivity index (χ0) is 44.2. The average Bonchev–Trinajstić information content (AvgIpc) is 3.70. The molecule has 12 nitrogen and oxygen atoms in total. The standard InChI is InChI=1S/C50H79NO11/c1-9-11-12-13-14-15-16-17-18-19-20-21-22-23-40(53)62-49-29-37(58-6)33-27-34(41(49)43(33)61-47(54)32-24-25-35(56-4)36(26-32)57-5)50-39(59-7)28-38(52)48(31-55-3)30-51(10-2)46(50)42(49)44(60-8)45(48)50/h24-26,33-34,37-39,41-46,52H,9-23,27-31H2,1-8H3/t33-,34-,37+,38-,39?,41-,42+,43+,44+,45-,46-,48+,49-,50+/m1/s1. The smallest absolute Gasteiger partial charge is 0.338 e. The molecule has 0 radical (unpaired) electrons. The maximum atomic E-state index is 14.6. The van der Waals surface area contributed by atoms with Crippen molar-refractivity contribution in [2.75, 3.05) is 62.4 Å². The van der Waals surface area contributed by atoms with E-state index < -0.39 is 40.7 Å². The van der Waals surface area contributed by atoms with Crippen LogP contribution >= 0.6 is 0 Å². The number of fused-ring (bicyclic) bond motifs is 2. The molecule has 6 aliphatic rings. The number of carbonyl (C=O) groups excluding carboxylic acids is 2. The molecule has 1 heterocycles. The highest BCUT2D eigenvalue weighted by Gasteiger charge is 2.89. The number of esters is 2. The van der Waals surface area contributed by atoms with Crippen molar-refractivity contribution in [3.05, 3.63) is 23.8 Å². The van der Waals surface area contributed by atoms with Gasteiger partial charge in [-0.1, -0.05) is 90.9 Å². The lowest BCUT2D eigenvalue weighted by Crippen LogP contribution is -2.79. The SMILES string of the molecule is CCCCCCCCCCCCCCCC(=O)O[C@]12C[C@H](OC)[C@H]3C[C@H]([C@@H]1[C@H]3OC(=O)c1ccc(OC)c(OC)c1)[C@@]13C(OC)C[C@@H](O)[C@@]4(COC)CN(CC)[C@@H]1[C@@H]2[C@H](OC)[C@H]43. The third-order valence-electron chi connectivity index (χ3n) is 17.1. The van der Waals surface area contributed by atoms with Crippen LogP contribution in [0.4, 0.5) is 0 Å².